The van der Waals surface area contributed by atoms with Gasteiger partial charge in [-0.1, -0.05) is 51.5 Å². The zero-order valence-electron chi connectivity index (χ0n) is 15.6. The Bertz CT molecular complexity index is 112. The monoisotopic (exact) mass is 496 g/mol. The second kappa shape index (κ2) is 169. The average molecular weight is 497 g/mol. The number of methoxy groups -OCH3 is 1. The van der Waals surface area contributed by atoms with Crippen LogP contribution < -0.4 is 97.9 Å². The maximum Gasteiger partial charge on any atom is 1.00 e. The summed E-state index contributed by atoms with van der Waals surface area (Å²) in [6, 6.07) is 0. The molecule has 0 aromatic carbocycles. The minimum Gasteiger partial charge on any atom is -0.653 e. The van der Waals surface area contributed by atoms with Gasteiger partial charge in [0.05, 0.1) is 6.73 Å². The van der Waals surface area contributed by atoms with Gasteiger partial charge >= 0.3 is 58.2 Å². The van der Waals surface area contributed by atoms with E-state index in [1.165, 1.54) is 14.0 Å². The summed E-state index contributed by atoms with van der Waals surface area (Å²) in [5.41, 5.74) is 28.4. The number of nitrogens with one attached hydrogen (secondary N) is 1. The van der Waals surface area contributed by atoms with E-state index >= 15 is 0 Å². The number of amides is 1. The Morgan fingerprint density at radius 2 is 1.07 bits per heavy atom. The molecule has 0 aromatic rings. The van der Waals surface area contributed by atoms with Crippen molar-refractivity contribution in [2.45, 2.75) is 58.4 Å². The van der Waals surface area contributed by atoms with Crippen molar-refractivity contribution in [2.24, 2.45) is 34.4 Å². The quantitative estimate of drug-likeness (QED) is 0.226. The fourth-order valence-electron chi connectivity index (χ4n) is 0. The molecular formula is C17H63N8O2Rb. The zero-order chi connectivity index (χ0) is 18.5. The van der Waals surface area contributed by atoms with E-state index in [0.29, 0.717) is 20.1 Å². The van der Waals surface area contributed by atoms with Crippen molar-refractivity contribution >= 4 is 5.91 Å². The molecule has 0 aliphatic carbocycles. The normalized spacial score (nSPS) is 4.96. The van der Waals surface area contributed by atoms with Crippen molar-refractivity contribution < 1.29 is 67.7 Å². The molecule has 0 rings (SSSR count). The minimum atomic E-state index is -0.333. The number of primary amides is 1. The summed E-state index contributed by atoms with van der Waals surface area (Å²) in [6.45, 7) is 5.29. The van der Waals surface area contributed by atoms with Gasteiger partial charge in [-0.25, -0.2) is 0 Å². The molecule has 0 aliphatic rings. The molecule has 0 spiro atoms. The molecule has 0 bridgehead atoms. The summed E-state index contributed by atoms with van der Waals surface area (Å²) in [7, 11) is 6.54. The average Bonchev–Trinajstić information content (AvgIpc) is 2.49. The van der Waals surface area contributed by atoms with E-state index < -0.39 is 0 Å². The van der Waals surface area contributed by atoms with Gasteiger partial charge in [-0.15, -0.1) is 6.67 Å². The van der Waals surface area contributed by atoms with E-state index in [1.807, 2.05) is 6.92 Å². The maximum absolute atomic E-state index is 9.22. The van der Waals surface area contributed by atoms with Crippen LogP contribution in [0, 0.1) is 0 Å². The Morgan fingerprint density at radius 1 is 0.964 bits per heavy atom. The maximum atomic E-state index is 9.22. The van der Waals surface area contributed by atoms with Crippen LogP contribution in [0.5, 0.6) is 0 Å². The first-order chi connectivity index (χ1) is 9.89. The Kier molecular flexibility index (Phi) is 537. The van der Waals surface area contributed by atoms with Crippen LogP contribution in [-0.2, 0) is 9.53 Å². The third-order valence-corrected chi connectivity index (χ3v) is 0.553. The van der Waals surface area contributed by atoms with E-state index in [1.54, 1.807) is 21.2 Å². The van der Waals surface area contributed by atoms with Gasteiger partial charge in [0.15, 0.2) is 0 Å². The predicted molar refractivity (Wildman–Crippen MR) is 133 cm³/mol. The Hall–Kier alpha value is 0.955. The van der Waals surface area contributed by atoms with Gasteiger partial charge < -0.3 is 49.8 Å². The first-order valence-electron chi connectivity index (χ1n) is 6.22. The summed E-state index contributed by atoms with van der Waals surface area (Å²) >= 11 is 0. The number of carbonyl (C=O) groups excluding carboxylic acids is 1. The van der Waals surface area contributed by atoms with Gasteiger partial charge in [0.1, 0.15) is 0 Å². The van der Waals surface area contributed by atoms with Crippen LogP contribution in [0.25, 0.3) is 5.32 Å². The molecule has 0 aromatic heterocycles. The molecule has 0 aliphatic heterocycles. The topological polar surface area (TPSA) is 209 Å². The number of nitrogens with zero attached hydrogens (tertiary/aromatic N) is 1. The Labute approximate surface area is 229 Å². The molecule has 0 unspecified atom stereocenters. The molecule has 184 valence electrons. The number of ether oxygens (including phenoxy) is 1. The van der Waals surface area contributed by atoms with Gasteiger partial charge in [0, 0.05) is 20.7 Å². The minimum absolute atomic E-state index is 0. The standard InChI is InChI=1S/C2H8N2.C2H7N2.C2H7NO.C2H5NO.C2H7N.CH5N.6CH4.Rb/c3*1-4-2-3;1-2(3)4;1-2-3;1-2;;;;;;;/h4H,2-3H2,1H3;2*2-3H2,1H3;1H3,(H2,3,4);2-3H2,1H3;2H2,1H3;6*1H4;/q;-1;;;;;;;;;;;+1. The SMILES string of the molecule is C.C.C.C.C.C.CC(N)=O.CCN.CN.CNCN.COCN.C[N-]CN.[Rb+]. The molecule has 28 heavy (non-hydrogen) atoms. The van der Waals surface area contributed by atoms with Crippen molar-refractivity contribution in [3.63, 3.8) is 0 Å². The number of carbonyl (C=O) groups is 1. The zero-order valence-corrected chi connectivity index (χ0v) is 20.5. The summed E-state index contributed by atoms with van der Waals surface area (Å²) < 4.78 is 4.32. The van der Waals surface area contributed by atoms with Crippen molar-refractivity contribution in [1.29, 1.82) is 0 Å². The molecule has 10 nitrogen and oxygen atoms in total. The number of rotatable bonds is 3. The van der Waals surface area contributed by atoms with Crippen molar-refractivity contribution in [3.05, 3.63) is 5.32 Å². The number of nitrogens with two attached hydrogens (primary N) is 6. The van der Waals surface area contributed by atoms with Gasteiger partial charge in [0.2, 0.25) is 5.91 Å². The molecule has 1 amide bonds. The van der Waals surface area contributed by atoms with Crippen LogP contribution in [-0.4, -0.2) is 60.8 Å². The number of hydrogen-bond acceptors (Lipinski definition) is 8. The second-order valence-corrected chi connectivity index (χ2v) is 2.53. The van der Waals surface area contributed by atoms with Crippen molar-refractivity contribution in [1.82, 2.24) is 5.32 Å². The summed E-state index contributed by atoms with van der Waals surface area (Å²) in [6.07, 6.45) is 0. The molecule has 0 saturated heterocycles. The molecule has 0 atom stereocenters. The largest absolute Gasteiger partial charge is 1.00 e. The van der Waals surface area contributed by atoms with Gasteiger partial charge in [0.25, 0.3) is 0 Å². The van der Waals surface area contributed by atoms with E-state index in [-0.39, 0.29) is 109 Å². The molecule has 11 heteroatoms. The Morgan fingerprint density at radius 3 is 1.07 bits per heavy atom. The first kappa shape index (κ1) is 88.9. The van der Waals surface area contributed by atoms with E-state index in [2.05, 4.69) is 26.8 Å². The molecule has 0 radical (unpaired) electrons. The molecule has 0 heterocycles. The van der Waals surface area contributed by atoms with Crippen molar-refractivity contribution in [2.75, 3.05) is 54.9 Å². The smallest absolute Gasteiger partial charge is 0.653 e. The van der Waals surface area contributed by atoms with Gasteiger partial charge in [-0.2, -0.15) is 7.05 Å². The second-order valence-electron chi connectivity index (χ2n) is 2.53. The number of hydrogen-bond donors (Lipinski definition) is 7. The molecule has 0 saturated carbocycles. The fourth-order valence-corrected chi connectivity index (χ4v) is 0. The summed E-state index contributed by atoms with van der Waals surface area (Å²) in [5.74, 6) is -0.333. The van der Waals surface area contributed by atoms with Crippen LogP contribution >= 0.6 is 0 Å². The molecular weight excluding hydrogens is 434 g/mol. The third kappa shape index (κ3) is 1160. The third-order valence-electron chi connectivity index (χ3n) is 0.553. The van der Waals surface area contributed by atoms with Gasteiger partial charge in [-0.3, -0.25) is 4.79 Å². The van der Waals surface area contributed by atoms with E-state index in [9.17, 15) is 4.79 Å². The molecule has 13 N–H and O–H groups in total. The van der Waals surface area contributed by atoms with E-state index in [0.717, 1.165) is 6.54 Å². The predicted octanol–water partition coefficient (Wildman–Crippen LogP) is -1.57. The van der Waals surface area contributed by atoms with Crippen LogP contribution in [0.4, 0.5) is 0 Å². The molecule has 0 fully saturated rings. The Balaban J connectivity index is -0.00000000843. The van der Waals surface area contributed by atoms with Gasteiger partial charge in [-0.05, 0) is 20.6 Å². The van der Waals surface area contributed by atoms with Crippen molar-refractivity contribution in [3.8, 4) is 0 Å². The fraction of sp³-hybridized carbons (Fsp3) is 0.941. The van der Waals surface area contributed by atoms with E-state index in [4.69, 9.17) is 22.9 Å². The van der Waals surface area contributed by atoms with Crippen LogP contribution in [0.2, 0.25) is 0 Å². The summed E-state index contributed by atoms with van der Waals surface area (Å²) in [5, 5.41) is 6.22. The summed E-state index contributed by atoms with van der Waals surface area (Å²) in [4.78, 5) is 9.22. The van der Waals surface area contributed by atoms with Crippen LogP contribution in [0.3, 0.4) is 0 Å². The van der Waals surface area contributed by atoms with Crippen LogP contribution in [0.15, 0.2) is 0 Å². The van der Waals surface area contributed by atoms with Crippen LogP contribution in [0.1, 0.15) is 58.4 Å². The first-order valence-corrected chi connectivity index (χ1v) is 6.22.